The number of benzene rings is 1. The monoisotopic (exact) mass is 287 g/mol. The normalized spacial score (nSPS) is 10.2. The second kappa shape index (κ2) is 6.69. The molecule has 0 fully saturated rings. The van der Waals surface area contributed by atoms with Gasteiger partial charge in [-0.3, -0.25) is 9.89 Å². The van der Waals surface area contributed by atoms with E-state index in [2.05, 4.69) is 20.3 Å². The summed E-state index contributed by atoms with van der Waals surface area (Å²) in [6.07, 6.45) is 0.839. The molecule has 21 heavy (non-hydrogen) atoms. The number of aromatic amines is 1. The van der Waals surface area contributed by atoms with E-state index >= 15 is 0 Å². The number of amides is 1. The Morgan fingerprint density at radius 2 is 2.05 bits per heavy atom. The van der Waals surface area contributed by atoms with Crippen LogP contribution in [0.5, 0.6) is 0 Å². The van der Waals surface area contributed by atoms with E-state index < -0.39 is 5.97 Å². The third-order valence-electron chi connectivity index (χ3n) is 3.03. The van der Waals surface area contributed by atoms with Gasteiger partial charge in [0, 0.05) is 5.56 Å². The number of aryl methyl sites for hydroxylation is 1. The first kappa shape index (κ1) is 14.8. The summed E-state index contributed by atoms with van der Waals surface area (Å²) in [6, 6.07) is 8.31. The second-order valence-electron chi connectivity index (χ2n) is 4.49. The summed E-state index contributed by atoms with van der Waals surface area (Å²) in [5.74, 6) is -0.723. The van der Waals surface area contributed by atoms with Crippen molar-refractivity contribution in [1.29, 1.82) is 0 Å². The quantitative estimate of drug-likeness (QED) is 0.820. The van der Waals surface area contributed by atoms with Crippen LogP contribution in [0.25, 0.3) is 0 Å². The summed E-state index contributed by atoms with van der Waals surface area (Å²) in [6.45, 7) is 2.37. The predicted octanol–water partition coefficient (Wildman–Crippen LogP) is 1.69. The van der Waals surface area contributed by atoms with Crippen molar-refractivity contribution in [3.05, 3.63) is 52.8 Å². The van der Waals surface area contributed by atoms with E-state index in [0.29, 0.717) is 17.7 Å². The Morgan fingerprint density at radius 3 is 2.71 bits per heavy atom. The van der Waals surface area contributed by atoms with Gasteiger partial charge >= 0.3 is 5.97 Å². The van der Waals surface area contributed by atoms with Gasteiger partial charge < -0.3 is 10.1 Å². The van der Waals surface area contributed by atoms with Crippen LogP contribution in [0.4, 0.5) is 0 Å². The second-order valence-corrected chi connectivity index (χ2v) is 4.49. The van der Waals surface area contributed by atoms with Crippen LogP contribution in [0.2, 0.25) is 0 Å². The zero-order valence-electron chi connectivity index (χ0n) is 12.0. The molecule has 0 aliphatic heterocycles. The Kier molecular flexibility index (Phi) is 4.71. The van der Waals surface area contributed by atoms with E-state index in [0.717, 1.165) is 17.8 Å². The zero-order chi connectivity index (χ0) is 15.2. The minimum atomic E-state index is -0.467. The number of esters is 1. The van der Waals surface area contributed by atoms with Crippen LogP contribution in [0.3, 0.4) is 0 Å². The summed E-state index contributed by atoms with van der Waals surface area (Å²) in [7, 11) is 1.30. The van der Waals surface area contributed by atoms with Gasteiger partial charge in [0.25, 0.3) is 5.91 Å². The molecule has 0 spiro atoms. The molecular formula is C15H17N3O3. The van der Waals surface area contributed by atoms with Gasteiger partial charge in [-0.15, -0.1) is 0 Å². The summed E-state index contributed by atoms with van der Waals surface area (Å²) in [5, 5.41) is 9.73. The number of ether oxygens (including phenoxy) is 1. The van der Waals surface area contributed by atoms with Crippen molar-refractivity contribution in [2.75, 3.05) is 7.11 Å². The highest BCUT2D eigenvalue weighted by Gasteiger charge is 2.10. The van der Waals surface area contributed by atoms with Gasteiger partial charge in [-0.25, -0.2) is 4.79 Å². The van der Waals surface area contributed by atoms with Crippen LogP contribution in [0, 0.1) is 0 Å². The molecule has 110 valence electrons. The van der Waals surface area contributed by atoms with Crippen LogP contribution < -0.4 is 5.32 Å². The summed E-state index contributed by atoms with van der Waals surface area (Å²) >= 11 is 0. The number of carbonyl (C=O) groups is 2. The first-order valence-corrected chi connectivity index (χ1v) is 6.63. The predicted molar refractivity (Wildman–Crippen MR) is 76.9 cm³/mol. The zero-order valence-corrected chi connectivity index (χ0v) is 12.0. The number of hydrogen-bond donors (Lipinski definition) is 2. The van der Waals surface area contributed by atoms with E-state index in [4.69, 9.17) is 0 Å². The van der Waals surface area contributed by atoms with Gasteiger partial charge in [-0.2, -0.15) is 5.10 Å². The molecular weight excluding hydrogens is 270 g/mol. The molecule has 6 heteroatoms. The number of aromatic nitrogens is 2. The topological polar surface area (TPSA) is 84.1 Å². The molecule has 0 bridgehead atoms. The lowest BCUT2D eigenvalue weighted by molar-refractivity contribution is 0.0600. The van der Waals surface area contributed by atoms with E-state index in [1.807, 2.05) is 13.0 Å². The first-order valence-electron chi connectivity index (χ1n) is 6.63. The standard InChI is InChI=1S/C15H17N3O3/c1-3-12-8-13(18-17-12)9-16-14(19)10-5-4-6-11(7-10)15(20)21-2/h4-8H,3,9H2,1-2H3,(H,16,19)(H,17,18). The maximum absolute atomic E-state index is 12.1. The van der Waals surface area contributed by atoms with E-state index in [1.54, 1.807) is 18.2 Å². The Labute approximate surface area is 122 Å². The Hall–Kier alpha value is -2.63. The minimum absolute atomic E-state index is 0.256. The number of nitrogens with one attached hydrogen (secondary N) is 2. The Balaban J connectivity index is 2.01. The van der Waals surface area contributed by atoms with E-state index in [9.17, 15) is 9.59 Å². The molecule has 0 aliphatic carbocycles. The lowest BCUT2D eigenvalue weighted by Gasteiger charge is -2.05. The van der Waals surface area contributed by atoms with Gasteiger partial charge in [0.2, 0.25) is 0 Å². The largest absolute Gasteiger partial charge is 0.465 e. The first-order chi connectivity index (χ1) is 10.1. The molecule has 0 atom stereocenters. The third-order valence-corrected chi connectivity index (χ3v) is 3.03. The molecule has 0 radical (unpaired) electrons. The lowest BCUT2D eigenvalue weighted by Crippen LogP contribution is -2.23. The van der Waals surface area contributed by atoms with Crippen LogP contribution in [-0.4, -0.2) is 29.2 Å². The average molecular weight is 287 g/mol. The number of carbonyl (C=O) groups excluding carboxylic acids is 2. The van der Waals surface area contributed by atoms with E-state index in [1.165, 1.54) is 13.2 Å². The smallest absolute Gasteiger partial charge is 0.337 e. The van der Waals surface area contributed by atoms with Crippen LogP contribution in [0.1, 0.15) is 39.0 Å². The molecule has 1 aromatic heterocycles. The molecule has 0 aliphatic rings. The third kappa shape index (κ3) is 3.68. The molecule has 1 amide bonds. The van der Waals surface area contributed by atoms with Crippen molar-refractivity contribution in [2.45, 2.75) is 19.9 Å². The molecule has 0 saturated heterocycles. The number of methoxy groups -OCH3 is 1. The summed E-state index contributed by atoms with van der Waals surface area (Å²) in [5.41, 5.74) is 2.55. The maximum atomic E-state index is 12.1. The molecule has 2 rings (SSSR count). The fourth-order valence-corrected chi connectivity index (χ4v) is 1.86. The fourth-order valence-electron chi connectivity index (χ4n) is 1.86. The van der Waals surface area contributed by atoms with Gasteiger partial charge in [0.1, 0.15) is 0 Å². The van der Waals surface area contributed by atoms with Crippen molar-refractivity contribution in [3.63, 3.8) is 0 Å². The number of rotatable bonds is 5. The number of hydrogen-bond acceptors (Lipinski definition) is 4. The molecule has 1 heterocycles. The Morgan fingerprint density at radius 1 is 1.29 bits per heavy atom. The maximum Gasteiger partial charge on any atom is 0.337 e. The van der Waals surface area contributed by atoms with Gasteiger partial charge in [0.05, 0.1) is 30.6 Å². The number of H-pyrrole nitrogens is 1. The van der Waals surface area contributed by atoms with Crippen LogP contribution in [0.15, 0.2) is 30.3 Å². The van der Waals surface area contributed by atoms with Crippen molar-refractivity contribution in [3.8, 4) is 0 Å². The van der Waals surface area contributed by atoms with E-state index in [-0.39, 0.29) is 5.91 Å². The van der Waals surface area contributed by atoms with Crippen LogP contribution >= 0.6 is 0 Å². The summed E-state index contributed by atoms with van der Waals surface area (Å²) < 4.78 is 4.63. The van der Waals surface area contributed by atoms with Crippen molar-refractivity contribution < 1.29 is 14.3 Å². The summed E-state index contributed by atoms with van der Waals surface area (Å²) in [4.78, 5) is 23.5. The highest BCUT2D eigenvalue weighted by molar-refractivity contribution is 5.97. The molecule has 6 nitrogen and oxygen atoms in total. The van der Waals surface area contributed by atoms with Gasteiger partial charge in [0.15, 0.2) is 0 Å². The molecule has 1 aromatic carbocycles. The van der Waals surface area contributed by atoms with Crippen LogP contribution in [-0.2, 0) is 17.7 Å². The number of nitrogens with zero attached hydrogens (tertiary/aromatic N) is 1. The minimum Gasteiger partial charge on any atom is -0.465 e. The lowest BCUT2D eigenvalue weighted by atomic mass is 10.1. The highest BCUT2D eigenvalue weighted by Crippen LogP contribution is 2.07. The average Bonchev–Trinajstić information content (AvgIpc) is 3.00. The van der Waals surface area contributed by atoms with Gasteiger partial charge in [-0.1, -0.05) is 13.0 Å². The fraction of sp³-hybridized carbons (Fsp3) is 0.267. The molecule has 2 N–H and O–H groups in total. The van der Waals surface area contributed by atoms with Gasteiger partial charge in [-0.05, 0) is 30.7 Å². The van der Waals surface area contributed by atoms with Crippen molar-refractivity contribution in [1.82, 2.24) is 15.5 Å². The molecule has 2 aromatic rings. The molecule has 0 unspecified atom stereocenters. The van der Waals surface area contributed by atoms with Crippen molar-refractivity contribution >= 4 is 11.9 Å². The Bertz CT molecular complexity index is 649. The van der Waals surface area contributed by atoms with Crippen molar-refractivity contribution in [2.24, 2.45) is 0 Å². The molecule has 0 saturated carbocycles. The SMILES string of the molecule is CCc1cc(CNC(=O)c2cccc(C(=O)OC)c2)[nH]n1. The highest BCUT2D eigenvalue weighted by atomic mass is 16.5.